The molecule has 0 saturated heterocycles. The molecule has 0 radical (unpaired) electrons. The van der Waals surface area contributed by atoms with Gasteiger partial charge in [0.2, 0.25) is 0 Å². The van der Waals surface area contributed by atoms with Gasteiger partial charge in [-0.25, -0.2) is 9.97 Å². The van der Waals surface area contributed by atoms with E-state index in [9.17, 15) is 4.91 Å². The molecule has 0 aliphatic heterocycles. The highest BCUT2D eigenvalue weighted by Crippen LogP contribution is 2.26. The lowest BCUT2D eigenvalue weighted by molar-refractivity contribution is 1.26. The summed E-state index contributed by atoms with van der Waals surface area (Å²) in [5.41, 5.74) is 4.05. The van der Waals surface area contributed by atoms with Gasteiger partial charge in [-0.3, -0.25) is 0 Å². The number of fused-ring (bicyclic) bond motifs is 1. The van der Waals surface area contributed by atoms with Crippen LogP contribution in [0.25, 0.3) is 22.3 Å². The number of nitrogens with zero attached hydrogens (tertiary/aromatic N) is 3. The van der Waals surface area contributed by atoms with E-state index in [1.807, 2.05) is 31.2 Å². The average Bonchev–Trinajstić information content (AvgIpc) is 2.47. The number of hydrogen-bond donors (Lipinski definition) is 0. The van der Waals surface area contributed by atoms with Gasteiger partial charge < -0.3 is 0 Å². The highest BCUT2D eigenvalue weighted by atomic mass is 16.3. The molecule has 0 unspecified atom stereocenters. The zero-order chi connectivity index (χ0) is 13.2. The maximum absolute atomic E-state index is 10.4. The van der Waals surface area contributed by atoms with Gasteiger partial charge in [0.25, 0.3) is 0 Å². The molecule has 0 amide bonds. The van der Waals surface area contributed by atoms with E-state index in [4.69, 9.17) is 0 Å². The Kier molecular flexibility index (Phi) is 2.76. The van der Waals surface area contributed by atoms with Crippen LogP contribution in [0.1, 0.15) is 5.56 Å². The molecule has 92 valence electrons. The van der Waals surface area contributed by atoms with E-state index in [1.165, 1.54) is 0 Å². The number of aromatic nitrogens is 2. The Labute approximate surface area is 110 Å². The molecule has 2 heterocycles. The number of pyridine rings is 2. The minimum absolute atomic E-state index is 0.417. The predicted molar refractivity (Wildman–Crippen MR) is 75.2 cm³/mol. The van der Waals surface area contributed by atoms with Gasteiger partial charge in [0.15, 0.2) is 5.65 Å². The Morgan fingerprint density at radius 1 is 1.11 bits per heavy atom. The summed E-state index contributed by atoms with van der Waals surface area (Å²) in [6.07, 6.45) is 1.73. The third-order valence-corrected chi connectivity index (χ3v) is 3.03. The van der Waals surface area contributed by atoms with Crippen molar-refractivity contribution in [3.63, 3.8) is 0 Å². The van der Waals surface area contributed by atoms with Crippen molar-refractivity contribution in [2.75, 3.05) is 0 Å². The van der Waals surface area contributed by atoms with Crippen LogP contribution in [0.2, 0.25) is 0 Å². The highest BCUT2D eigenvalue weighted by Gasteiger charge is 2.06. The fourth-order valence-corrected chi connectivity index (χ4v) is 2.08. The van der Waals surface area contributed by atoms with Crippen LogP contribution in [-0.2, 0) is 0 Å². The van der Waals surface area contributed by atoms with Crippen LogP contribution in [-0.4, -0.2) is 9.97 Å². The molecule has 0 saturated carbocycles. The molecule has 0 N–H and O–H groups in total. The van der Waals surface area contributed by atoms with Crippen molar-refractivity contribution in [1.82, 2.24) is 9.97 Å². The Morgan fingerprint density at radius 2 is 1.89 bits per heavy atom. The zero-order valence-electron chi connectivity index (χ0n) is 10.4. The van der Waals surface area contributed by atoms with Gasteiger partial charge in [-0.1, -0.05) is 12.1 Å². The maximum atomic E-state index is 10.4. The average molecular weight is 249 g/mol. The van der Waals surface area contributed by atoms with Crippen LogP contribution in [0.15, 0.2) is 53.8 Å². The minimum atomic E-state index is 0.417. The quantitative estimate of drug-likeness (QED) is 0.645. The van der Waals surface area contributed by atoms with Crippen LogP contribution >= 0.6 is 0 Å². The van der Waals surface area contributed by atoms with E-state index in [2.05, 4.69) is 21.2 Å². The van der Waals surface area contributed by atoms with E-state index in [0.29, 0.717) is 5.69 Å². The van der Waals surface area contributed by atoms with Crippen LogP contribution in [0.5, 0.6) is 0 Å². The van der Waals surface area contributed by atoms with Crippen LogP contribution in [0.4, 0.5) is 5.69 Å². The lowest BCUT2D eigenvalue weighted by Crippen LogP contribution is -1.91. The number of benzene rings is 1. The van der Waals surface area contributed by atoms with E-state index in [1.54, 1.807) is 18.3 Å². The summed E-state index contributed by atoms with van der Waals surface area (Å²) in [5, 5.41) is 3.92. The smallest absolute Gasteiger partial charge is 0.159 e. The van der Waals surface area contributed by atoms with Crippen LogP contribution in [0, 0.1) is 11.8 Å². The third kappa shape index (κ3) is 2.08. The summed E-state index contributed by atoms with van der Waals surface area (Å²) in [7, 11) is 0. The molecule has 0 atom stereocenters. The molecule has 4 nitrogen and oxygen atoms in total. The molecular weight excluding hydrogens is 238 g/mol. The summed E-state index contributed by atoms with van der Waals surface area (Å²) in [6, 6.07) is 13.0. The zero-order valence-corrected chi connectivity index (χ0v) is 10.4. The molecule has 4 heteroatoms. The van der Waals surface area contributed by atoms with Crippen molar-refractivity contribution < 1.29 is 0 Å². The van der Waals surface area contributed by atoms with Crippen LogP contribution < -0.4 is 0 Å². The van der Waals surface area contributed by atoms with Crippen molar-refractivity contribution >= 4 is 16.7 Å². The predicted octanol–water partition coefficient (Wildman–Crippen LogP) is 4.00. The molecule has 0 aliphatic rings. The normalized spacial score (nSPS) is 10.6. The lowest BCUT2D eigenvalue weighted by atomic mass is 10.1. The minimum Gasteiger partial charge on any atom is -0.237 e. The van der Waals surface area contributed by atoms with Gasteiger partial charge in [-0.05, 0) is 48.0 Å². The SMILES string of the molecule is Cc1cc2cccnc2nc1-c1ccc(N=O)cc1. The topological polar surface area (TPSA) is 55.2 Å². The molecule has 3 aromatic rings. The van der Waals surface area contributed by atoms with Crippen molar-refractivity contribution in [3.05, 3.63) is 59.1 Å². The first-order valence-corrected chi connectivity index (χ1v) is 5.94. The molecule has 0 aliphatic carbocycles. The van der Waals surface area contributed by atoms with Crippen molar-refractivity contribution in [2.45, 2.75) is 6.92 Å². The Hall–Kier alpha value is -2.62. The molecule has 1 aromatic carbocycles. The Bertz CT molecular complexity index is 751. The molecular formula is C15H11N3O. The maximum Gasteiger partial charge on any atom is 0.159 e. The van der Waals surface area contributed by atoms with Crippen molar-refractivity contribution in [3.8, 4) is 11.3 Å². The number of hydrogen-bond acceptors (Lipinski definition) is 4. The molecule has 0 bridgehead atoms. The standard InChI is InChI=1S/C15H11N3O/c1-10-9-12-3-2-8-16-15(12)17-14(10)11-4-6-13(18-19)7-5-11/h2-9H,1H3. The van der Waals surface area contributed by atoms with Gasteiger partial charge in [0, 0.05) is 17.1 Å². The van der Waals surface area contributed by atoms with Gasteiger partial charge in [-0.15, -0.1) is 4.91 Å². The molecule has 2 aromatic heterocycles. The second-order valence-electron chi connectivity index (χ2n) is 4.34. The van der Waals surface area contributed by atoms with E-state index < -0.39 is 0 Å². The lowest BCUT2D eigenvalue weighted by Gasteiger charge is -2.06. The fraction of sp³-hybridized carbons (Fsp3) is 0.0667. The van der Waals surface area contributed by atoms with Gasteiger partial charge >= 0.3 is 0 Å². The molecule has 3 rings (SSSR count). The van der Waals surface area contributed by atoms with Gasteiger partial charge in [0.05, 0.1) is 5.69 Å². The first kappa shape index (κ1) is 11.5. The second-order valence-corrected chi connectivity index (χ2v) is 4.34. The Morgan fingerprint density at radius 3 is 2.63 bits per heavy atom. The van der Waals surface area contributed by atoms with Gasteiger partial charge in [-0.2, -0.15) is 0 Å². The number of nitroso groups, excluding NO2 is 1. The fourth-order valence-electron chi connectivity index (χ4n) is 2.08. The summed E-state index contributed by atoms with van der Waals surface area (Å²) in [5.74, 6) is 0. The monoisotopic (exact) mass is 249 g/mol. The van der Waals surface area contributed by atoms with E-state index >= 15 is 0 Å². The second kappa shape index (κ2) is 4.57. The number of aryl methyl sites for hydroxylation is 1. The Balaban J connectivity index is 2.17. The summed E-state index contributed by atoms with van der Waals surface area (Å²) >= 11 is 0. The third-order valence-electron chi connectivity index (χ3n) is 3.03. The van der Waals surface area contributed by atoms with E-state index in [-0.39, 0.29) is 0 Å². The largest absolute Gasteiger partial charge is 0.237 e. The highest BCUT2D eigenvalue weighted by molar-refractivity contribution is 5.80. The van der Waals surface area contributed by atoms with E-state index in [0.717, 1.165) is 27.9 Å². The van der Waals surface area contributed by atoms with Crippen molar-refractivity contribution in [2.24, 2.45) is 5.18 Å². The first-order chi connectivity index (χ1) is 9.28. The summed E-state index contributed by atoms with van der Waals surface area (Å²) in [6.45, 7) is 2.01. The summed E-state index contributed by atoms with van der Waals surface area (Å²) in [4.78, 5) is 19.3. The summed E-state index contributed by atoms with van der Waals surface area (Å²) < 4.78 is 0. The molecule has 19 heavy (non-hydrogen) atoms. The number of rotatable bonds is 2. The van der Waals surface area contributed by atoms with Gasteiger partial charge in [0.1, 0.15) is 5.69 Å². The molecule has 0 fully saturated rings. The first-order valence-electron chi connectivity index (χ1n) is 5.94. The van der Waals surface area contributed by atoms with Crippen LogP contribution in [0.3, 0.4) is 0 Å². The van der Waals surface area contributed by atoms with Crippen molar-refractivity contribution in [1.29, 1.82) is 0 Å². The molecule has 0 spiro atoms.